The standard InChI is InChI=1S/C19H16FN3O2/c1-24-17-8-13-14(9-18(17)25-2)16(22-19-15(13)10-21-23-19)7-11-3-5-12(20)6-4-11/h3-6,8-10H,7H2,1-2H3,(H,21,22,23). The van der Waals surface area contributed by atoms with Gasteiger partial charge in [0.25, 0.3) is 0 Å². The zero-order valence-electron chi connectivity index (χ0n) is 13.8. The van der Waals surface area contributed by atoms with Gasteiger partial charge in [-0.25, -0.2) is 9.37 Å². The number of pyridine rings is 1. The third-order valence-electron chi connectivity index (χ3n) is 4.28. The molecule has 0 amide bonds. The van der Waals surface area contributed by atoms with Crippen LogP contribution < -0.4 is 9.47 Å². The minimum absolute atomic E-state index is 0.253. The number of benzene rings is 2. The van der Waals surface area contributed by atoms with E-state index in [0.717, 1.165) is 27.4 Å². The molecule has 0 atom stereocenters. The zero-order chi connectivity index (χ0) is 17.4. The van der Waals surface area contributed by atoms with Crippen LogP contribution in [-0.2, 0) is 6.42 Å². The second-order valence-electron chi connectivity index (χ2n) is 5.75. The van der Waals surface area contributed by atoms with E-state index in [9.17, 15) is 4.39 Å². The quantitative estimate of drug-likeness (QED) is 0.614. The number of aromatic nitrogens is 3. The maximum absolute atomic E-state index is 13.2. The van der Waals surface area contributed by atoms with Crippen molar-refractivity contribution >= 4 is 21.8 Å². The average Bonchev–Trinajstić information content (AvgIpc) is 3.11. The molecule has 1 N–H and O–H groups in total. The molecule has 126 valence electrons. The van der Waals surface area contributed by atoms with Gasteiger partial charge in [0.15, 0.2) is 17.1 Å². The van der Waals surface area contributed by atoms with Crippen molar-refractivity contribution in [2.75, 3.05) is 14.2 Å². The molecule has 0 spiro atoms. The summed E-state index contributed by atoms with van der Waals surface area (Å²) in [5, 5.41) is 9.87. The van der Waals surface area contributed by atoms with Gasteiger partial charge in [0.05, 0.1) is 26.1 Å². The summed E-state index contributed by atoms with van der Waals surface area (Å²) in [6.45, 7) is 0. The van der Waals surface area contributed by atoms with Crippen LogP contribution in [0.2, 0.25) is 0 Å². The molecule has 6 heteroatoms. The van der Waals surface area contributed by atoms with Gasteiger partial charge < -0.3 is 9.47 Å². The number of nitrogens with zero attached hydrogens (tertiary/aromatic N) is 2. The molecule has 2 aromatic carbocycles. The van der Waals surface area contributed by atoms with Crippen LogP contribution in [-0.4, -0.2) is 29.4 Å². The molecule has 2 aromatic heterocycles. The van der Waals surface area contributed by atoms with E-state index < -0.39 is 0 Å². The summed E-state index contributed by atoms with van der Waals surface area (Å²) in [5.41, 5.74) is 2.54. The van der Waals surface area contributed by atoms with Crippen molar-refractivity contribution in [2.24, 2.45) is 0 Å². The van der Waals surface area contributed by atoms with Crippen LogP contribution in [0.4, 0.5) is 4.39 Å². The van der Waals surface area contributed by atoms with Crippen molar-refractivity contribution < 1.29 is 13.9 Å². The molecule has 0 bridgehead atoms. The Kier molecular flexibility index (Phi) is 3.72. The monoisotopic (exact) mass is 337 g/mol. The van der Waals surface area contributed by atoms with Crippen molar-refractivity contribution in [3.63, 3.8) is 0 Å². The molecule has 5 nitrogen and oxygen atoms in total. The average molecular weight is 337 g/mol. The van der Waals surface area contributed by atoms with E-state index in [1.807, 2.05) is 12.1 Å². The third kappa shape index (κ3) is 2.65. The number of rotatable bonds is 4. The van der Waals surface area contributed by atoms with E-state index >= 15 is 0 Å². The highest BCUT2D eigenvalue weighted by atomic mass is 19.1. The largest absolute Gasteiger partial charge is 0.493 e. The smallest absolute Gasteiger partial charge is 0.161 e. The van der Waals surface area contributed by atoms with Crippen molar-refractivity contribution in [1.82, 2.24) is 15.2 Å². The van der Waals surface area contributed by atoms with Gasteiger partial charge in [-0.3, -0.25) is 5.10 Å². The minimum atomic E-state index is -0.253. The first kappa shape index (κ1) is 15.4. The highest BCUT2D eigenvalue weighted by molar-refractivity contribution is 6.06. The summed E-state index contributed by atoms with van der Waals surface area (Å²) < 4.78 is 24.0. The topological polar surface area (TPSA) is 60.0 Å². The summed E-state index contributed by atoms with van der Waals surface area (Å²) in [4.78, 5) is 4.70. The van der Waals surface area contributed by atoms with Gasteiger partial charge in [0.1, 0.15) is 5.82 Å². The van der Waals surface area contributed by atoms with E-state index in [4.69, 9.17) is 14.5 Å². The van der Waals surface area contributed by atoms with Crippen LogP contribution in [0.1, 0.15) is 11.3 Å². The molecule has 4 rings (SSSR count). The van der Waals surface area contributed by atoms with Gasteiger partial charge in [-0.1, -0.05) is 12.1 Å². The number of hydrogen-bond acceptors (Lipinski definition) is 4. The van der Waals surface area contributed by atoms with Crippen LogP contribution in [0.15, 0.2) is 42.6 Å². The Morgan fingerprint density at radius 3 is 2.32 bits per heavy atom. The first-order valence-corrected chi connectivity index (χ1v) is 7.81. The number of H-pyrrole nitrogens is 1. The molecular formula is C19H16FN3O2. The Hall–Kier alpha value is -3.15. The molecule has 0 aliphatic carbocycles. The molecule has 4 aromatic rings. The number of fused-ring (bicyclic) bond motifs is 3. The lowest BCUT2D eigenvalue weighted by atomic mass is 10.0. The lowest BCUT2D eigenvalue weighted by Gasteiger charge is -2.12. The number of nitrogens with one attached hydrogen (secondary N) is 1. The summed E-state index contributed by atoms with van der Waals surface area (Å²) in [7, 11) is 3.21. The molecule has 0 fully saturated rings. The molecule has 0 aliphatic heterocycles. The van der Waals surface area contributed by atoms with E-state index in [2.05, 4.69) is 10.2 Å². The fourth-order valence-electron chi connectivity index (χ4n) is 3.03. The Morgan fingerprint density at radius 1 is 0.960 bits per heavy atom. The summed E-state index contributed by atoms with van der Waals surface area (Å²) >= 11 is 0. The highest BCUT2D eigenvalue weighted by Gasteiger charge is 2.15. The van der Waals surface area contributed by atoms with Crippen molar-refractivity contribution in [2.45, 2.75) is 6.42 Å². The fourth-order valence-corrected chi connectivity index (χ4v) is 3.03. The van der Waals surface area contributed by atoms with Gasteiger partial charge in [0.2, 0.25) is 0 Å². The maximum Gasteiger partial charge on any atom is 0.161 e. The van der Waals surface area contributed by atoms with Crippen molar-refractivity contribution in [3.8, 4) is 11.5 Å². The van der Waals surface area contributed by atoms with Gasteiger partial charge in [-0.15, -0.1) is 0 Å². The number of halogens is 1. The zero-order valence-corrected chi connectivity index (χ0v) is 13.8. The fraction of sp³-hybridized carbons (Fsp3) is 0.158. The second-order valence-corrected chi connectivity index (χ2v) is 5.75. The molecule has 0 unspecified atom stereocenters. The Bertz CT molecular complexity index is 1060. The van der Waals surface area contributed by atoms with Crippen LogP contribution >= 0.6 is 0 Å². The van der Waals surface area contributed by atoms with E-state index in [1.54, 1.807) is 32.5 Å². The van der Waals surface area contributed by atoms with Gasteiger partial charge in [-0.2, -0.15) is 5.10 Å². The number of aromatic amines is 1. The Morgan fingerprint density at radius 2 is 1.64 bits per heavy atom. The molecule has 25 heavy (non-hydrogen) atoms. The molecule has 2 heterocycles. The van der Waals surface area contributed by atoms with Crippen molar-refractivity contribution in [3.05, 3.63) is 59.7 Å². The molecule has 0 saturated carbocycles. The minimum Gasteiger partial charge on any atom is -0.493 e. The molecule has 0 saturated heterocycles. The third-order valence-corrected chi connectivity index (χ3v) is 4.28. The van der Waals surface area contributed by atoms with Crippen LogP contribution in [0.25, 0.3) is 21.8 Å². The Labute approximate surface area is 143 Å². The number of hydrogen-bond donors (Lipinski definition) is 1. The van der Waals surface area contributed by atoms with E-state index in [-0.39, 0.29) is 5.82 Å². The Balaban J connectivity index is 1.95. The van der Waals surface area contributed by atoms with Gasteiger partial charge in [0, 0.05) is 22.6 Å². The first-order chi connectivity index (χ1) is 12.2. The lowest BCUT2D eigenvalue weighted by Crippen LogP contribution is -1.98. The summed E-state index contributed by atoms with van der Waals surface area (Å²) in [6.07, 6.45) is 2.32. The van der Waals surface area contributed by atoms with Gasteiger partial charge in [-0.05, 0) is 29.8 Å². The molecule has 0 radical (unpaired) electrons. The highest BCUT2D eigenvalue weighted by Crippen LogP contribution is 2.36. The predicted molar refractivity (Wildman–Crippen MR) is 93.7 cm³/mol. The van der Waals surface area contributed by atoms with E-state index in [0.29, 0.717) is 23.6 Å². The maximum atomic E-state index is 13.2. The second kappa shape index (κ2) is 6.05. The van der Waals surface area contributed by atoms with E-state index in [1.165, 1.54) is 12.1 Å². The number of ether oxygens (including phenoxy) is 2. The lowest BCUT2D eigenvalue weighted by molar-refractivity contribution is 0.356. The van der Waals surface area contributed by atoms with Crippen LogP contribution in [0.5, 0.6) is 11.5 Å². The number of methoxy groups -OCH3 is 2. The normalized spacial score (nSPS) is 11.2. The summed E-state index contributed by atoms with van der Waals surface area (Å²) in [5.74, 6) is 1.04. The predicted octanol–water partition coefficient (Wildman–Crippen LogP) is 3.86. The molecule has 0 aliphatic rings. The SMILES string of the molecule is COc1cc2c(Cc3ccc(F)cc3)nc3[nH]ncc3c2cc1OC. The summed E-state index contributed by atoms with van der Waals surface area (Å²) in [6, 6.07) is 10.3. The van der Waals surface area contributed by atoms with Crippen molar-refractivity contribution in [1.29, 1.82) is 0 Å². The van der Waals surface area contributed by atoms with Crippen LogP contribution in [0, 0.1) is 5.82 Å². The van der Waals surface area contributed by atoms with Crippen LogP contribution in [0.3, 0.4) is 0 Å². The first-order valence-electron chi connectivity index (χ1n) is 7.81. The molecular weight excluding hydrogens is 321 g/mol. The van der Waals surface area contributed by atoms with Gasteiger partial charge >= 0.3 is 0 Å².